The molecule has 0 aliphatic carbocycles. The van der Waals surface area contributed by atoms with Crippen molar-refractivity contribution in [2.75, 3.05) is 0 Å². The zero-order valence-corrected chi connectivity index (χ0v) is 11.8. The van der Waals surface area contributed by atoms with Gasteiger partial charge in [0, 0.05) is 4.88 Å². The molecule has 0 aliphatic heterocycles. The fraction of sp³-hybridized carbons (Fsp3) is 0.357. The molecule has 0 fully saturated rings. The van der Waals surface area contributed by atoms with Gasteiger partial charge in [-0.3, -0.25) is 11.3 Å². The van der Waals surface area contributed by atoms with E-state index in [9.17, 15) is 0 Å². The third-order valence-electron chi connectivity index (χ3n) is 3.02. The van der Waals surface area contributed by atoms with Gasteiger partial charge in [0.25, 0.3) is 0 Å². The molecule has 0 saturated heterocycles. The average Bonchev–Trinajstić information content (AvgIpc) is 2.71. The fourth-order valence-corrected chi connectivity index (χ4v) is 3.16. The molecule has 2 aromatic rings. The van der Waals surface area contributed by atoms with Gasteiger partial charge in [0.05, 0.1) is 17.2 Å². The Morgan fingerprint density at radius 1 is 1.22 bits per heavy atom. The Kier molecular flexibility index (Phi) is 4.11. The highest BCUT2D eigenvalue weighted by atomic mass is 32.1. The van der Waals surface area contributed by atoms with Crippen LogP contribution in [0.3, 0.4) is 0 Å². The van der Waals surface area contributed by atoms with E-state index in [0.717, 1.165) is 12.1 Å². The molecule has 1 atom stereocenters. The van der Waals surface area contributed by atoms with Crippen molar-refractivity contribution in [3.8, 4) is 0 Å². The molecule has 0 bridgehead atoms. The van der Waals surface area contributed by atoms with Gasteiger partial charge in [0.2, 0.25) is 0 Å². The fourth-order valence-electron chi connectivity index (χ4n) is 2.30. The van der Waals surface area contributed by atoms with Crippen molar-refractivity contribution in [3.63, 3.8) is 0 Å². The highest BCUT2D eigenvalue weighted by Crippen LogP contribution is 2.25. The summed E-state index contributed by atoms with van der Waals surface area (Å²) >= 11 is 1.66. The molecule has 1 aromatic carbocycles. The van der Waals surface area contributed by atoms with Crippen LogP contribution in [-0.4, -0.2) is 4.98 Å². The number of hydrogen-bond donors (Lipinski definition) is 2. The summed E-state index contributed by atoms with van der Waals surface area (Å²) in [7, 11) is 0. The molecule has 2 rings (SSSR count). The van der Waals surface area contributed by atoms with Gasteiger partial charge in [-0.1, -0.05) is 29.3 Å². The molecule has 1 heterocycles. The Hall–Kier alpha value is -1.23. The predicted molar refractivity (Wildman–Crippen MR) is 76.5 cm³/mol. The SMILES string of the molecule is Cc1cc(C)cc(CC(NN)c2scnc2C)c1. The minimum atomic E-state index is 0.138. The molecular formula is C14H19N3S. The third-order valence-corrected chi connectivity index (χ3v) is 4.07. The van der Waals surface area contributed by atoms with Crippen LogP contribution in [0.4, 0.5) is 0 Å². The normalized spacial score (nSPS) is 12.7. The van der Waals surface area contributed by atoms with Crippen molar-refractivity contribution in [1.29, 1.82) is 0 Å². The summed E-state index contributed by atoms with van der Waals surface area (Å²) in [6.45, 7) is 6.27. The minimum absolute atomic E-state index is 0.138. The van der Waals surface area contributed by atoms with Crippen molar-refractivity contribution < 1.29 is 0 Å². The Morgan fingerprint density at radius 3 is 2.39 bits per heavy atom. The van der Waals surface area contributed by atoms with E-state index in [1.165, 1.54) is 21.6 Å². The van der Waals surface area contributed by atoms with Crippen LogP contribution in [-0.2, 0) is 6.42 Å². The molecule has 0 radical (unpaired) electrons. The molecule has 1 unspecified atom stereocenters. The molecule has 3 nitrogen and oxygen atoms in total. The Bertz CT molecular complexity index is 513. The van der Waals surface area contributed by atoms with E-state index in [-0.39, 0.29) is 6.04 Å². The predicted octanol–water partition coefficient (Wildman–Crippen LogP) is 2.82. The maximum Gasteiger partial charge on any atom is 0.0798 e. The molecule has 18 heavy (non-hydrogen) atoms. The molecular weight excluding hydrogens is 242 g/mol. The van der Waals surface area contributed by atoms with Crippen molar-refractivity contribution in [1.82, 2.24) is 10.4 Å². The van der Waals surface area contributed by atoms with Crippen LogP contribution in [0.15, 0.2) is 23.7 Å². The lowest BCUT2D eigenvalue weighted by atomic mass is 10.0. The number of thiazole rings is 1. The number of nitrogens with two attached hydrogens (primary N) is 1. The van der Waals surface area contributed by atoms with Crippen LogP contribution in [0.5, 0.6) is 0 Å². The van der Waals surface area contributed by atoms with Crippen LogP contribution < -0.4 is 11.3 Å². The first-order chi connectivity index (χ1) is 8.60. The first kappa shape index (κ1) is 13.2. The number of hydrazine groups is 1. The van der Waals surface area contributed by atoms with E-state index >= 15 is 0 Å². The summed E-state index contributed by atoms with van der Waals surface area (Å²) in [6.07, 6.45) is 0.891. The first-order valence-electron chi connectivity index (χ1n) is 6.03. The van der Waals surface area contributed by atoms with Crippen molar-refractivity contribution >= 4 is 11.3 Å². The van der Waals surface area contributed by atoms with Gasteiger partial charge in [0.15, 0.2) is 0 Å². The second-order valence-corrected chi connectivity index (χ2v) is 5.61. The Balaban J connectivity index is 2.23. The summed E-state index contributed by atoms with van der Waals surface area (Å²) in [4.78, 5) is 5.50. The van der Waals surface area contributed by atoms with E-state index < -0.39 is 0 Å². The van der Waals surface area contributed by atoms with Crippen LogP contribution in [0, 0.1) is 20.8 Å². The third kappa shape index (κ3) is 2.96. The van der Waals surface area contributed by atoms with Gasteiger partial charge >= 0.3 is 0 Å². The zero-order chi connectivity index (χ0) is 13.1. The van der Waals surface area contributed by atoms with E-state index in [4.69, 9.17) is 5.84 Å². The first-order valence-corrected chi connectivity index (χ1v) is 6.91. The van der Waals surface area contributed by atoms with E-state index in [0.29, 0.717) is 0 Å². The minimum Gasteiger partial charge on any atom is -0.271 e. The topological polar surface area (TPSA) is 50.9 Å². The van der Waals surface area contributed by atoms with Gasteiger partial charge in [-0.25, -0.2) is 4.98 Å². The summed E-state index contributed by atoms with van der Waals surface area (Å²) < 4.78 is 0. The lowest BCUT2D eigenvalue weighted by Gasteiger charge is -2.15. The van der Waals surface area contributed by atoms with E-state index in [2.05, 4.69) is 42.5 Å². The second kappa shape index (κ2) is 5.61. The van der Waals surface area contributed by atoms with Gasteiger partial charge in [-0.2, -0.15) is 0 Å². The Morgan fingerprint density at radius 2 is 1.89 bits per heavy atom. The lowest BCUT2D eigenvalue weighted by molar-refractivity contribution is 0.557. The van der Waals surface area contributed by atoms with Gasteiger partial charge in [-0.15, -0.1) is 11.3 Å². The molecule has 4 heteroatoms. The van der Waals surface area contributed by atoms with Crippen LogP contribution in [0.2, 0.25) is 0 Å². The molecule has 0 amide bonds. The van der Waals surface area contributed by atoms with Crippen LogP contribution in [0.25, 0.3) is 0 Å². The molecule has 96 valence electrons. The monoisotopic (exact) mass is 261 g/mol. The summed E-state index contributed by atoms with van der Waals surface area (Å²) in [6, 6.07) is 6.76. The largest absolute Gasteiger partial charge is 0.271 e. The van der Waals surface area contributed by atoms with Crippen LogP contribution in [0.1, 0.15) is 33.3 Å². The highest BCUT2D eigenvalue weighted by Gasteiger charge is 2.15. The molecule has 1 aromatic heterocycles. The second-order valence-electron chi connectivity index (χ2n) is 4.72. The Labute approximate surface area is 112 Å². The molecule has 0 spiro atoms. The van der Waals surface area contributed by atoms with Crippen molar-refractivity contribution in [2.45, 2.75) is 33.2 Å². The number of benzene rings is 1. The van der Waals surface area contributed by atoms with E-state index in [1.807, 2.05) is 12.4 Å². The summed E-state index contributed by atoms with van der Waals surface area (Å²) in [5, 5.41) is 0. The standard InChI is InChI=1S/C14H19N3S/c1-9-4-10(2)6-12(5-9)7-13(17-15)14-11(3)16-8-18-14/h4-6,8,13,17H,7,15H2,1-3H3. The van der Waals surface area contributed by atoms with Crippen LogP contribution >= 0.6 is 11.3 Å². The lowest BCUT2D eigenvalue weighted by Crippen LogP contribution is -2.29. The maximum atomic E-state index is 5.69. The number of nitrogens with zero attached hydrogens (tertiary/aromatic N) is 1. The molecule has 0 aliphatic rings. The number of nitrogens with one attached hydrogen (secondary N) is 1. The number of hydrogen-bond acceptors (Lipinski definition) is 4. The molecule has 0 saturated carbocycles. The summed E-state index contributed by atoms with van der Waals surface area (Å²) in [5.41, 5.74) is 9.73. The van der Waals surface area contributed by atoms with E-state index in [1.54, 1.807) is 11.3 Å². The number of aryl methyl sites for hydroxylation is 3. The average molecular weight is 261 g/mol. The summed E-state index contributed by atoms with van der Waals surface area (Å²) in [5.74, 6) is 5.69. The van der Waals surface area contributed by atoms with Gasteiger partial charge in [0.1, 0.15) is 0 Å². The zero-order valence-electron chi connectivity index (χ0n) is 11.0. The van der Waals surface area contributed by atoms with Gasteiger partial charge < -0.3 is 0 Å². The number of rotatable bonds is 4. The van der Waals surface area contributed by atoms with Gasteiger partial charge in [-0.05, 0) is 32.8 Å². The van der Waals surface area contributed by atoms with Crippen molar-refractivity contribution in [3.05, 3.63) is 51.0 Å². The molecule has 3 N–H and O–H groups in total. The number of aromatic nitrogens is 1. The highest BCUT2D eigenvalue weighted by molar-refractivity contribution is 7.09. The smallest absolute Gasteiger partial charge is 0.0798 e. The quantitative estimate of drug-likeness (QED) is 0.657. The maximum absolute atomic E-state index is 5.69. The van der Waals surface area contributed by atoms with Crippen molar-refractivity contribution in [2.24, 2.45) is 5.84 Å².